The molecule has 0 atom stereocenters. The van der Waals surface area contributed by atoms with E-state index in [1.165, 1.54) is 11.1 Å². The fourth-order valence-electron chi connectivity index (χ4n) is 2.70. The van der Waals surface area contributed by atoms with E-state index in [0.717, 1.165) is 48.5 Å². The summed E-state index contributed by atoms with van der Waals surface area (Å²) in [5.74, 6) is 1.83. The van der Waals surface area contributed by atoms with E-state index in [9.17, 15) is 0 Å². The predicted octanol–water partition coefficient (Wildman–Crippen LogP) is 2.67. The highest BCUT2D eigenvalue weighted by atomic mass is 127. The molecule has 142 valence electrons. The van der Waals surface area contributed by atoms with Crippen molar-refractivity contribution in [1.29, 1.82) is 0 Å². The number of aliphatic imine (C=N–C) groups is 1. The second kappa shape index (κ2) is 9.96. The third kappa shape index (κ3) is 5.47. The number of fused-ring (bicyclic) bond motifs is 1. The molecule has 0 saturated carbocycles. The summed E-state index contributed by atoms with van der Waals surface area (Å²) in [5, 5.41) is 9.75. The van der Waals surface area contributed by atoms with Crippen LogP contribution >= 0.6 is 35.3 Å². The molecule has 3 rings (SSSR count). The molecule has 1 aromatic heterocycles. The van der Waals surface area contributed by atoms with E-state index in [4.69, 9.17) is 4.74 Å². The van der Waals surface area contributed by atoms with Gasteiger partial charge in [-0.05, 0) is 23.6 Å². The molecule has 26 heavy (non-hydrogen) atoms. The summed E-state index contributed by atoms with van der Waals surface area (Å²) in [6, 6.07) is 6.47. The monoisotopic (exact) mass is 487 g/mol. The maximum Gasteiger partial charge on any atom is 0.191 e. The zero-order valence-electron chi connectivity index (χ0n) is 15.4. The molecule has 1 aromatic carbocycles. The molecule has 1 aliphatic heterocycles. The quantitative estimate of drug-likeness (QED) is 0.373. The Morgan fingerprint density at radius 2 is 2.19 bits per heavy atom. The highest BCUT2D eigenvalue weighted by Gasteiger charge is 2.11. The van der Waals surface area contributed by atoms with E-state index in [2.05, 4.69) is 44.2 Å². The lowest BCUT2D eigenvalue weighted by atomic mass is 10.1. The molecule has 0 bridgehead atoms. The van der Waals surface area contributed by atoms with E-state index >= 15 is 0 Å². The Labute approximate surface area is 176 Å². The van der Waals surface area contributed by atoms with E-state index < -0.39 is 0 Å². The number of anilines is 1. The fourth-order valence-corrected chi connectivity index (χ4v) is 3.46. The number of thiazole rings is 1. The predicted molar refractivity (Wildman–Crippen MR) is 119 cm³/mol. The van der Waals surface area contributed by atoms with Crippen molar-refractivity contribution in [3.8, 4) is 5.75 Å². The number of nitrogens with zero attached hydrogens (tertiary/aromatic N) is 3. The summed E-state index contributed by atoms with van der Waals surface area (Å²) in [6.07, 6.45) is 1.97. The molecule has 8 heteroatoms. The van der Waals surface area contributed by atoms with Crippen LogP contribution in [0.5, 0.6) is 5.75 Å². The van der Waals surface area contributed by atoms with Crippen molar-refractivity contribution >= 4 is 46.4 Å². The molecule has 2 heterocycles. The van der Waals surface area contributed by atoms with Gasteiger partial charge in [-0.1, -0.05) is 12.1 Å². The van der Waals surface area contributed by atoms with Gasteiger partial charge in [0.1, 0.15) is 5.75 Å². The Morgan fingerprint density at radius 3 is 2.92 bits per heavy atom. The molecule has 0 spiro atoms. The summed E-state index contributed by atoms with van der Waals surface area (Å²) in [7, 11) is 5.79. The van der Waals surface area contributed by atoms with Gasteiger partial charge in [-0.3, -0.25) is 4.99 Å². The van der Waals surface area contributed by atoms with Crippen LogP contribution in [0.1, 0.15) is 16.8 Å². The van der Waals surface area contributed by atoms with Crippen molar-refractivity contribution in [2.24, 2.45) is 4.99 Å². The van der Waals surface area contributed by atoms with Crippen LogP contribution in [0.4, 0.5) is 5.13 Å². The number of nitrogens with one attached hydrogen (secondary N) is 2. The molecule has 1 aliphatic rings. The summed E-state index contributed by atoms with van der Waals surface area (Å²) < 4.78 is 5.55. The van der Waals surface area contributed by atoms with Crippen LogP contribution in [-0.2, 0) is 19.4 Å². The number of hydrogen-bond donors (Lipinski definition) is 2. The SMILES string of the molecule is CN=C(NCCc1ccc2c(c1)CCO2)NCc1csc(N(C)C)n1.I. The standard InChI is InChI=1S/C18H25N5OS.HI/c1-19-17(21-11-15-12-25-18(22-15)23(2)3)20-8-6-13-4-5-16-14(10-13)7-9-24-16;/h4-5,10,12H,6-9,11H2,1-3H3,(H2,19,20,21);1H. The van der Waals surface area contributed by atoms with Gasteiger partial charge in [0.15, 0.2) is 11.1 Å². The van der Waals surface area contributed by atoms with Crippen molar-refractivity contribution in [2.75, 3.05) is 39.2 Å². The largest absolute Gasteiger partial charge is 0.493 e. The van der Waals surface area contributed by atoms with Gasteiger partial charge >= 0.3 is 0 Å². The number of aromatic nitrogens is 1. The lowest BCUT2D eigenvalue weighted by Crippen LogP contribution is -2.37. The molecular weight excluding hydrogens is 461 g/mol. The number of halogens is 1. The van der Waals surface area contributed by atoms with Crippen molar-refractivity contribution in [1.82, 2.24) is 15.6 Å². The van der Waals surface area contributed by atoms with Crippen molar-refractivity contribution < 1.29 is 4.74 Å². The van der Waals surface area contributed by atoms with E-state index in [0.29, 0.717) is 6.54 Å². The summed E-state index contributed by atoms with van der Waals surface area (Å²) in [5.41, 5.74) is 3.66. The third-order valence-electron chi connectivity index (χ3n) is 4.04. The van der Waals surface area contributed by atoms with E-state index in [1.807, 2.05) is 19.0 Å². The molecule has 0 saturated heterocycles. The van der Waals surface area contributed by atoms with Crippen LogP contribution in [-0.4, -0.2) is 45.2 Å². The minimum atomic E-state index is 0. The lowest BCUT2D eigenvalue weighted by Gasteiger charge is -2.11. The first-order chi connectivity index (χ1) is 12.2. The van der Waals surface area contributed by atoms with Crippen LogP contribution in [0.3, 0.4) is 0 Å². The molecular formula is C18H26IN5OS. The molecule has 0 amide bonds. The van der Waals surface area contributed by atoms with Crippen LogP contribution in [0.25, 0.3) is 0 Å². The second-order valence-corrected chi connectivity index (χ2v) is 7.00. The van der Waals surface area contributed by atoms with Gasteiger partial charge in [0.2, 0.25) is 0 Å². The van der Waals surface area contributed by atoms with Crippen LogP contribution in [0.2, 0.25) is 0 Å². The molecule has 0 fully saturated rings. The first-order valence-electron chi connectivity index (χ1n) is 8.46. The summed E-state index contributed by atoms with van der Waals surface area (Å²) >= 11 is 1.65. The van der Waals surface area contributed by atoms with Gasteiger partial charge in [0.25, 0.3) is 0 Å². The van der Waals surface area contributed by atoms with Crippen LogP contribution in [0, 0.1) is 0 Å². The molecule has 0 unspecified atom stereocenters. The lowest BCUT2D eigenvalue weighted by molar-refractivity contribution is 0.357. The molecule has 2 N–H and O–H groups in total. The average molecular weight is 487 g/mol. The third-order valence-corrected chi connectivity index (χ3v) is 5.10. The Hall–Kier alpha value is -1.55. The fraction of sp³-hybridized carbons (Fsp3) is 0.444. The van der Waals surface area contributed by atoms with Gasteiger partial charge in [-0.25, -0.2) is 4.98 Å². The first-order valence-corrected chi connectivity index (χ1v) is 9.34. The number of guanidine groups is 1. The Bertz CT molecular complexity index is 747. The Morgan fingerprint density at radius 1 is 1.35 bits per heavy atom. The Balaban J connectivity index is 0.00000243. The van der Waals surface area contributed by atoms with Gasteiger partial charge in [0, 0.05) is 39.5 Å². The Kier molecular flexibility index (Phi) is 7.95. The summed E-state index contributed by atoms with van der Waals surface area (Å²) in [4.78, 5) is 10.9. The normalized spacial score (nSPS) is 12.8. The highest BCUT2D eigenvalue weighted by Crippen LogP contribution is 2.25. The minimum absolute atomic E-state index is 0. The molecule has 0 aliphatic carbocycles. The van der Waals surface area contributed by atoms with Gasteiger partial charge in [-0.2, -0.15) is 0 Å². The highest BCUT2D eigenvalue weighted by molar-refractivity contribution is 14.0. The maximum atomic E-state index is 5.55. The molecule has 2 aromatic rings. The smallest absolute Gasteiger partial charge is 0.191 e. The van der Waals surface area contributed by atoms with Crippen molar-refractivity contribution in [3.63, 3.8) is 0 Å². The van der Waals surface area contributed by atoms with Crippen molar-refractivity contribution in [2.45, 2.75) is 19.4 Å². The van der Waals surface area contributed by atoms with Gasteiger partial charge in [-0.15, -0.1) is 35.3 Å². The molecule has 0 radical (unpaired) electrons. The number of hydrogen-bond acceptors (Lipinski definition) is 5. The van der Waals surface area contributed by atoms with Gasteiger partial charge < -0.3 is 20.3 Å². The minimum Gasteiger partial charge on any atom is -0.493 e. The zero-order valence-corrected chi connectivity index (χ0v) is 18.6. The average Bonchev–Trinajstić information content (AvgIpc) is 3.26. The van der Waals surface area contributed by atoms with E-state index in [1.54, 1.807) is 18.4 Å². The van der Waals surface area contributed by atoms with E-state index in [-0.39, 0.29) is 24.0 Å². The number of rotatable bonds is 6. The van der Waals surface area contributed by atoms with Crippen LogP contribution in [0.15, 0.2) is 28.6 Å². The van der Waals surface area contributed by atoms with Crippen molar-refractivity contribution in [3.05, 3.63) is 40.4 Å². The topological polar surface area (TPSA) is 61.8 Å². The maximum absolute atomic E-state index is 5.55. The van der Waals surface area contributed by atoms with Gasteiger partial charge in [0.05, 0.1) is 18.8 Å². The number of ether oxygens (including phenoxy) is 1. The zero-order chi connectivity index (χ0) is 17.6. The summed E-state index contributed by atoms with van der Waals surface area (Å²) in [6.45, 7) is 2.30. The first kappa shape index (κ1) is 20.8. The van der Waals surface area contributed by atoms with Crippen LogP contribution < -0.4 is 20.3 Å². The second-order valence-electron chi connectivity index (χ2n) is 6.16. The number of benzene rings is 1. The molecule has 6 nitrogen and oxygen atoms in total.